The Bertz CT molecular complexity index is 397. The number of rotatable bonds is 4. The van der Waals surface area contributed by atoms with Crippen LogP contribution in [0.5, 0.6) is 0 Å². The maximum absolute atomic E-state index is 4.58. The van der Waals surface area contributed by atoms with Gasteiger partial charge in [0.25, 0.3) is 0 Å². The van der Waals surface area contributed by atoms with Crippen molar-refractivity contribution in [3.63, 3.8) is 0 Å². The van der Waals surface area contributed by atoms with Gasteiger partial charge in [0.1, 0.15) is 0 Å². The second-order valence-electron chi connectivity index (χ2n) is 5.87. The van der Waals surface area contributed by atoms with Gasteiger partial charge in [0.15, 0.2) is 0 Å². The van der Waals surface area contributed by atoms with Crippen LogP contribution >= 0.6 is 0 Å². The van der Waals surface area contributed by atoms with Crippen LogP contribution in [0, 0.1) is 5.92 Å². The van der Waals surface area contributed by atoms with Gasteiger partial charge in [-0.15, -0.1) is 0 Å². The predicted molar refractivity (Wildman–Crippen MR) is 77.1 cm³/mol. The van der Waals surface area contributed by atoms with Crippen LogP contribution in [-0.2, 0) is 6.54 Å². The topological polar surface area (TPSA) is 41.1 Å². The Morgan fingerprint density at radius 2 is 1.89 bits per heavy atom. The van der Waals surface area contributed by atoms with Gasteiger partial charge in [0.05, 0.1) is 0 Å². The normalized spacial score (nSPS) is 24.3. The fraction of sp³-hybridized carbons (Fsp3) is 0.733. The quantitative estimate of drug-likeness (QED) is 0.902. The molecule has 3 rings (SSSR count). The summed E-state index contributed by atoms with van der Waals surface area (Å²) in [5, 5.41) is 3.13. The molecule has 1 aromatic heterocycles. The molecule has 1 atom stereocenters. The number of aromatic nitrogens is 2. The van der Waals surface area contributed by atoms with Crippen LogP contribution in [0.1, 0.15) is 44.1 Å². The zero-order chi connectivity index (χ0) is 13.1. The Balaban J connectivity index is 1.72. The molecular formula is C15H24N4. The Labute approximate surface area is 115 Å². The molecule has 2 heterocycles. The average molecular weight is 260 g/mol. The van der Waals surface area contributed by atoms with Crippen LogP contribution in [-0.4, -0.2) is 29.6 Å². The second-order valence-corrected chi connectivity index (χ2v) is 5.87. The average Bonchev–Trinajstić information content (AvgIpc) is 3.11. The van der Waals surface area contributed by atoms with Crippen molar-refractivity contribution in [2.75, 3.05) is 18.5 Å². The molecule has 1 aliphatic carbocycles. The van der Waals surface area contributed by atoms with Crippen molar-refractivity contribution in [3.05, 3.63) is 18.0 Å². The Morgan fingerprint density at radius 3 is 2.58 bits per heavy atom. The summed E-state index contributed by atoms with van der Waals surface area (Å²) in [6.07, 6.45) is 12.2. The molecule has 4 heteroatoms. The van der Waals surface area contributed by atoms with Gasteiger partial charge in [-0.25, -0.2) is 9.97 Å². The molecule has 104 valence electrons. The highest BCUT2D eigenvalue weighted by atomic mass is 15.3. The van der Waals surface area contributed by atoms with E-state index in [0.29, 0.717) is 6.04 Å². The monoisotopic (exact) mass is 260 g/mol. The van der Waals surface area contributed by atoms with Crippen LogP contribution in [0.3, 0.4) is 0 Å². The van der Waals surface area contributed by atoms with E-state index >= 15 is 0 Å². The molecule has 0 aromatic carbocycles. The highest BCUT2D eigenvalue weighted by molar-refractivity contribution is 5.34. The zero-order valence-corrected chi connectivity index (χ0v) is 11.8. The lowest BCUT2D eigenvalue weighted by molar-refractivity contribution is 0.427. The first-order valence-electron chi connectivity index (χ1n) is 7.60. The first-order valence-corrected chi connectivity index (χ1v) is 7.60. The fourth-order valence-corrected chi connectivity index (χ4v) is 3.66. The molecular weight excluding hydrogens is 236 g/mol. The molecule has 1 aromatic rings. The van der Waals surface area contributed by atoms with Crippen molar-refractivity contribution in [2.45, 2.75) is 51.1 Å². The van der Waals surface area contributed by atoms with Gasteiger partial charge < -0.3 is 10.2 Å². The van der Waals surface area contributed by atoms with E-state index in [2.05, 4.69) is 20.2 Å². The third-order valence-corrected chi connectivity index (χ3v) is 4.57. The molecule has 0 spiro atoms. The Kier molecular flexibility index (Phi) is 3.97. The lowest BCUT2D eigenvalue weighted by Crippen LogP contribution is -2.35. The number of anilines is 1. The van der Waals surface area contributed by atoms with E-state index in [4.69, 9.17) is 0 Å². The highest BCUT2D eigenvalue weighted by Gasteiger charge is 2.34. The smallest absolute Gasteiger partial charge is 0.225 e. The van der Waals surface area contributed by atoms with Crippen LogP contribution in [0.4, 0.5) is 5.95 Å². The third-order valence-electron chi connectivity index (χ3n) is 4.57. The molecule has 2 fully saturated rings. The van der Waals surface area contributed by atoms with Gasteiger partial charge in [0, 0.05) is 37.1 Å². The van der Waals surface area contributed by atoms with Crippen LogP contribution in [0.2, 0.25) is 0 Å². The summed E-state index contributed by atoms with van der Waals surface area (Å²) < 4.78 is 0. The Hall–Kier alpha value is -1.16. The molecule has 1 saturated heterocycles. The van der Waals surface area contributed by atoms with Crippen molar-refractivity contribution < 1.29 is 0 Å². The summed E-state index contributed by atoms with van der Waals surface area (Å²) in [4.78, 5) is 11.6. The molecule has 1 unspecified atom stereocenters. The second kappa shape index (κ2) is 5.87. The highest BCUT2D eigenvalue weighted by Crippen LogP contribution is 2.36. The first-order chi connectivity index (χ1) is 9.38. The van der Waals surface area contributed by atoms with E-state index in [1.807, 2.05) is 19.4 Å². The van der Waals surface area contributed by atoms with Crippen molar-refractivity contribution in [3.8, 4) is 0 Å². The molecule has 0 bridgehead atoms. The van der Waals surface area contributed by atoms with Crippen molar-refractivity contribution in [1.29, 1.82) is 0 Å². The van der Waals surface area contributed by atoms with Gasteiger partial charge >= 0.3 is 0 Å². The maximum Gasteiger partial charge on any atom is 0.225 e. The maximum atomic E-state index is 4.58. The number of nitrogens with zero attached hydrogens (tertiary/aromatic N) is 3. The minimum Gasteiger partial charge on any atom is -0.338 e. The molecule has 19 heavy (non-hydrogen) atoms. The summed E-state index contributed by atoms with van der Waals surface area (Å²) in [6.45, 7) is 1.97. The lowest BCUT2D eigenvalue weighted by Gasteiger charge is -2.29. The third kappa shape index (κ3) is 2.73. The van der Waals surface area contributed by atoms with Gasteiger partial charge in [0.2, 0.25) is 5.95 Å². The summed E-state index contributed by atoms with van der Waals surface area (Å²) in [6, 6.07) is 0.692. The SMILES string of the molecule is CNCc1cnc(N2CCCC2C2CCCC2)nc1. The van der Waals surface area contributed by atoms with E-state index in [9.17, 15) is 0 Å². The van der Waals surface area contributed by atoms with E-state index in [1.165, 1.54) is 38.5 Å². The molecule has 0 amide bonds. The van der Waals surface area contributed by atoms with Gasteiger partial charge in [-0.2, -0.15) is 0 Å². The van der Waals surface area contributed by atoms with Crippen molar-refractivity contribution in [2.24, 2.45) is 5.92 Å². The minimum atomic E-state index is 0.692. The Morgan fingerprint density at radius 1 is 1.16 bits per heavy atom. The van der Waals surface area contributed by atoms with Gasteiger partial charge in [-0.3, -0.25) is 0 Å². The fourth-order valence-electron chi connectivity index (χ4n) is 3.66. The lowest BCUT2D eigenvalue weighted by atomic mass is 9.96. The zero-order valence-electron chi connectivity index (χ0n) is 11.8. The van der Waals surface area contributed by atoms with Gasteiger partial charge in [-0.1, -0.05) is 12.8 Å². The van der Waals surface area contributed by atoms with Crippen LogP contribution in [0.15, 0.2) is 12.4 Å². The van der Waals surface area contributed by atoms with E-state index < -0.39 is 0 Å². The molecule has 0 radical (unpaired) electrons. The van der Waals surface area contributed by atoms with E-state index in [0.717, 1.165) is 30.5 Å². The first kappa shape index (κ1) is 12.9. The molecule has 4 nitrogen and oxygen atoms in total. The van der Waals surface area contributed by atoms with Crippen molar-refractivity contribution >= 4 is 5.95 Å². The van der Waals surface area contributed by atoms with Gasteiger partial charge in [-0.05, 0) is 38.6 Å². The van der Waals surface area contributed by atoms with E-state index in [-0.39, 0.29) is 0 Å². The number of nitrogens with one attached hydrogen (secondary N) is 1. The largest absolute Gasteiger partial charge is 0.338 e. The van der Waals surface area contributed by atoms with Crippen LogP contribution in [0.25, 0.3) is 0 Å². The minimum absolute atomic E-state index is 0.692. The summed E-state index contributed by atoms with van der Waals surface area (Å²) in [5.41, 5.74) is 1.16. The number of hydrogen-bond acceptors (Lipinski definition) is 4. The standard InChI is InChI=1S/C15H24N4/c1-16-9-12-10-17-15(18-11-12)19-8-4-7-14(19)13-5-2-3-6-13/h10-11,13-14,16H,2-9H2,1H3. The molecule has 2 aliphatic rings. The molecule has 1 N–H and O–H groups in total. The van der Waals surface area contributed by atoms with Crippen molar-refractivity contribution in [1.82, 2.24) is 15.3 Å². The van der Waals surface area contributed by atoms with Crippen LogP contribution < -0.4 is 10.2 Å². The summed E-state index contributed by atoms with van der Waals surface area (Å²) in [7, 11) is 1.95. The predicted octanol–water partition coefficient (Wildman–Crippen LogP) is 2.36. The van der Waals surface area contributed by atoms with E-state index in [1.54, 1.807) is 0 Å². The summed E-state index contributed by atoms with van der Waals surface area (Å²) in [5.74, 6) is 1.82. The molecule has 1 saturated carbocycles. The number of hydrogen-bond donors (Lipinski definition) is 1. The summed E-state index contributed by atoms with van der Waals surface area (Å²) >= 11 is 0. The molecule has 1 aliphatic heterocycles.